The molecule has 0 spiro atoms. The summed E-state index contributed by atoms with van der Waals surface area (Å²) in [6.07, 6.45) is 1.71. The Morgan fingerprint density at radius 2 is 1.46 bits per heavy atom. The van der Waals surface area contributed by atoms with Crippen LogP contribution in [0.25, 0.3) is 0 Å². The van der Waals surface area contributed by atoms with Crippen LogP contribution < -0.4 is 10.6 Å². The Labute approximate surface area is 149 Å². The number of aromatic nitrogens is 1. The molecule has 3 rings (SSSR count). The van der Waals surface area contributed by atoms with E-state index < -0.39 is 0 Å². The number of halogens is 2. The predicted molar refractivity (Wildman–Crippen MR) is 96.7 cm³/mol. The van der Waals surface area contributed by atoms with Crippen molar-refractivity contribution in [2.45, 2.75) is 13.0 Å². The maximum absolute atomic E-state index is 12.9. The Bertz CT molecular complexity index is 863. The van der Waals surface area contributed by atoms with Crippen molar-refractivity contribution in [3.63, 3.8) is 0 Å². The average molecular weight is 353 g/mol. The van der Waals surface area contributed by atoms with Crippen LogP contribution in [-0.2, 0) is 17.8 Å². The third kappa shape index (κ3) is 5.11. The molecule has 0 saturated heterocycles. The highest BCUT2D eigenvalue weighted by Gasteiger charge is 2.05. The summed E-state index contributed by atoms with van der Waals surface area (Å²) in [5.41, 5.74) is 2.24. The normalized spacial score (nSPS) is 10.4. The molecule has 0 radical (unpaired) electrons. The lowest BCUT2D eigenvalue weighted by Crippen LogP contribution is -2.14. The molecule has 0 aliphatic rings. The van der Waals surface area contributed by atoms with Gasteiger partial charge < -0.3 is 10.6 Å². The van der Waals surface area contributed by atoms with Gasteiger partial charge in [-0.3, -0.25) is 4.79 Å². The van der Waals surface area contributed by atoms with Crippen LogP contribution in [-0.4, -0.2) is 10.9 Å². The SMILES string of the molecule is O=C(Cc1ccc(F)cc1)Nc1ccc(NCc2ccc(F)cc2)nc1. The first-order chi connectivity index (χ1) is 12.6. The third-order valence-corrected chi connectivity index (χ3v) is 3.71. The van der Waals surface area contributed by atoms with Crippen LogP contribution in [0, 0.1) is 11.6 Å². The first-order valence-electron chi connectivity index (χ1n) is 8.07. The van der Waals surface area contributed by atoms with Crippen molar-refractivity contribution in [2.75, 3.05) is 10.6 Å². The molecule has 0 fully saturated rings. The first-order valence-corrected chi connectivity index (χ1v) is 8.07. The molecule has 0 atom stereocenters. The molecular weight excluding hydrogens is 336 g/mol. The van der Waals surface area contributed by atoms with Gasteiger partial charge in [0.1, 0.15) is 17.5 Å². The zero-order valence-corrected chi connectivity index (χ0v) is 13.9. The second kappa shape index (κ2) is 8.20. The summed E-state index contributed by atoms with van der Waals surface area (Å²) in [7, 11) is 0. The number of rotatable bonds is 6. The van der Waals surface area contributed by atoms with Crippen molar-refractivity contribution in [1.82, 2.24) is 4.98 Å². The Kier molecular flexibility index (Phi) is 5.53. The minimum absolute atomic E-state index is 0.158. The van der Waals surface area contributed by atoms with Gasteiger partial charge in [-0.05, 0) is 47.5 Å². The van der Waals surface area contributed by atoms with E-state index in [4.69, 9.17) is 0 Å². The van der Waals surface area contributed by atoms with E-state index in [0.29, 0.717) is 18.1 Å². The van der Waals surface area contributed by atoms with Crippen LogP contribution in [0.2, 0.25) is 0 Å². The van der Waals surface area contributed by atoms with Crippen LogP contribution in [0.15, 0.2) is 66.9 Å². The molecule has 2 aromatic carbocycles. The predicted octanol–water partition coefficient (Wildman–Crippen LogP) is 4.15. The summed E-state index contributed by atoms with van der Waals surface area (Å²) in [6.45, 7) is 0.517. The molecule has 1 aromatic heterocycles. The number of amides is 1. The van der Waals surface area contributed by atoms with E-state index in [-0.39, 0.29) is 24.0 Å². The largest absolute Gasteiger partial charge is 0.366 e. The van der Waals surface area contributed by atoms with Crippen molar-refractivity contribution in [3.8, 4) is 0 Å². The molecule has 0 unspecified atom stereocenters. The summed E-state index contributed by atoms with van der Waals surface area (Å²) in [5, 5.41) is 5.87. The molecule has 3 aromatic rings. The number of hydrogen-bond acceptors (Lipinski definition) is 3. The van der Waals surface area contributed by atoms with Gasteiger partial charge in [0.2, 0.25) is 5.91 Å². The second-order valence-corrected chi connectivity index (χ2v) is 5.76. The third-order valence-electron chi connectivity index (χ3n) is 3.71. The number of pyridine rings is 1. The van der Waals surface area contributed by atoms with Gasteiger partial charge in [-0.1, -0.05) is 24.3 Å². The lowest BCUT2D eigenvalue weighted by Gasteiger charge is -2.08. The lowest BCUT2D eigenvalue weighted by molar-refractivity contribution is -0.115. The maximum atomic E-state index is 12.9. The number of nitrogens with zero attached hydrogens (tertiary/aromatic N) is 1. The fraction of sp³-hybridized carbons (Fsp3) is 0.100. The molecule has 26 heavy (non-hydrogen) atoms. The number of anilines is 2. The van der Waals surface area contributed by atoms with E-state index in [9.17, 15) is 13.6 Å². The van der Waals surface area contributed by atoms with E-state index in [1.807, 2.05) is 0 Å². The number of carbonyl (C=O) groups excluding carboxylic acids is 1. The van der Waals surface area contributed by atoms with Gasteiger partial charge >= 0.3 is 0 Å². The Hall–Kier alpha value is -3.28. The zero-order chi connectivity index (χ0) is 18.4. The van der Waals surface area contributed by atoms with Crippen LogP contribution in [0.1, 0.15) is 11.1 Å². The topological polar surface area (TPSA) is 54.0 Å². The summed E-state index contributed by atoms with van der Waals surface area (Å²) in [5.74, 6) is -0.161. The number of hydrogen-bond donors (Lipinski definition) is 2. The average Bonchev–Trinajstić information content (AvgIpc) is 2.64. The molecule has 1 amide bonds. The monoisotopic (exact) mass is 353 g/mol. The molecule has 0 saturated carbocycles. The van der Waals surface area contributed by atoms with Crippen molar-refractivity contribution in [2.24, 2.45) is 0 Å². The molecule has 6 heteroatoms. The van der Waals surface area contributed by atoms with Crippen molar-refractivity contribution in [3.05, 3.63) is 89.6 Å². The van der Waals surface area contributed by atoms with Crippen LogP contribution in [0.3, 0.4) is 0 Å². The Morgan fingerprint density at radius 3 is 2.04 bits per heavy atom. The smallest absolute Gasteiger partial charge is 0.228 e. The Balaban J connectivity index is 1.51. The highest BCUT2D eigenvalue weighted by Crippen LogP contribution is 2.12. The van der Waals surface area contributed by atoms with Gasteiger partial charge in [-0.25, -0.2) is 13.8 Å². The maximum Gasteiger partial charge on any atom is 0.228 e. The van der Waals surface area contributed by atoms with Gasteiger partial charge in [0.15, 0.2) is 0 Å². The van der Waals surface area contributed by atoms with E-state index in [1.165, 1.54) is 24.3 Å². The molecule has 0 aliphatic carbocycles. The fourth-order valence-corrected chi connectivity index (χ4v) is 2.36. The van der Waals surface area contributed by atoms with Crippen LogP contribution >= 0.6 is 0 Å². The zero-order valence-electron chi connectivity index (χ0n) is 13.9. The Morgan fingerprint density at radius 1 is 0.846 bits per heavy atom. The molecule has 4 nitrogen and oxygen atoms in total. The molecule has 2 N–H and O–H groups in total. The summed E-state index contributed by atoms with van der Waals surface area (Å²) in [4.78, 5) is 16.2. The number of benzene rings is 2. The van der Waals surface area contributed by atoms with E-state index in [1.54, 1.807) is 42.6 Å². The fourth-order valence-electron chi connectivity index (χ4n) is 2.36. The van der Waals surface area contributed by atoms with E-state index >= 15 is 0 Å². The summed E-state index contributed by atoms with van der Waals surface area (Å²) in [6, 6.07) is 15.5. The van der Waals surface area contributed by atoms with Crippen molar-refractivity contribution < 1.29 is 13.6 Å². The molecule has 1 heterocycles. The van der Waals surface area contributed by atoms with Crippen molar-refractivity contribution >= 4 is 17.4 Å². The van der Waals surface area contributed by atoms with Gasteiger partial charge in [-0.15, -0.1) is 0 Å². The second-order valence-electron chi connectivity index (χ2n) is 5.76. The van der Waals surface area contributed by atoms with E-state index in [0.717, 1.165) is 11.1 Å². The van der Waals surface area contributed by atoms with Gasteiger partial charge in [0.05, 0.1) is 18.3 Å². The highest BCUT2D eigenvalue weighted by molar-refractivity contribution is 5.92. The standard InChI is InChI=1S/C20H17F2N3O/c21-16-5-1-14(2-6-16)11-20(26)25-18-9-10-19(24-13-18)23-12-15-3-7-17(22)8-4-15/h1-10,13H,11-12H2,(H,23,24)(H,25,26). The molecule has 132 valence electrons. The molecular formula is C20H17F2N3O. The number of carbonyl (C=O) groups is 1. The van der Waals surface area contributed by atoms with Crippen LogP contribution in [0.4, 0.5) is 20.3 Å². The van der Waals surface area contributed by atoms with Crippen LogP contribution in [0.5, 0.6) is 0 Å². The minimum Gasteiger partial charge on any atom is -0.366 e. The molecule has 0 aliphatic heterocycles. The molecule has 0 bridgehead atoms. The number of nitrogens with one attached hydrogen (secondary N) is 2. The lowest BCUT2D eigenvalue weighted by atomic mass is 10.1. The first kappa shape index (κ1) is 17.5. The van der Waals surface area contributed by atoms with E-state index in [2.05, 4.69) is 15.6 Å². The quantitative estimate of drug-likeness (QED) is 0.700. The van der Waals surface area contributed by atoms with Gasteiger partial charge in [0, 0.05) is 6.54 Å². The summed E-state index contributed by atoms with van der Waals surface area (Å²) >= 11 is 0. The minimum atomic E-state index is -0.331. The van der Waals surface area contributed by atoms with Gasteiger partial charge in [0.25, 0.3) is 0 Å². The van der Waals surface area contributed by atoms with Gasteiger partial charge in [-0.2, -0.15) is 0 Å². The van der Waals surface area contributed by atoms with Crippen molar-refractivity contribution in [1.29, 1.82) is 0 Å². The summed E-state index contributed by atoms with van der Waals surface area (Å²) < 4.78 is 25.7. The highest BCUT2D eigenvalue weighted by atomic mass is 19.1.